The van der Waals surface area contributed by atoms with Gasteiger partial charge in [0.05, 0.1) is 18.0 Å². The Morgan fingerprint density at radius 3 is 2.69 bits per heavy atom. The number of furan rings is 1. The first-order chi connectivity index (χ1) is 13.7. The molecule has 0 bridgehead atoms. The SMILES string of the molecule is CCOc1ccccc1NC(=O)c1oc2c(c1C)/C(=N\N=C(N)N)CC(C)(C)C2. The largest absolute Gasteiger partial charge is 0.492 e. The van der Waals surface area contributed by atoms with E-state index in [0.29, 0.717) is 47.9 Å². The molecule has 29 heavy (non-hydrogen) atoms. The molecule has 0 unspecified atom stereocenters. The maximum absolute atomic E-state index is 13.0. The fourth-order valence-electron chi connectivity index (χ4n) is 3.56. The van der Waals surface area contributed by atoms with Gasteiger partial charge in [0.25, 0.3) is 5.91 Å². The van der Waals surface area contributed by atoms with Gasteiger partial charge in [-0.15, -0.1) is 5.10 Å². The van der Waals surface area contributed by atoms with Crippen LogP contribution in [0, 0.1) is 12.3 Å². The first-order valence-corrected chi connectivity index (χ1v) is 9.53. The van der Waals surface area contributed by atoms with Crippen LogP contribution in [0.4, 0.5) is 5.69 Å². The van der Waals surface area contributed by atoms with Crippen molar-refractivity contribution in [2.45, 2.75) is 40.5 Å². The minimum atomic E-state index is -0.344. The second-order valence-corrected chi connectivity index (χ2v) is 7.83. The number of carbonyl (C=O) groups excluding carboxylic acids is 1. The zero-order valence-electron chi connectivity index (χ0n) is 17.2. The number of carbonyl (C=O) groups is 1. The minimum absolute atomic E-state index is 0.0929. The van der Waals surface area contributed by atoms with Crippen molar-refractivity contribution < 1.29 is 13.9 Å². The number of nitrogens with zero attached hydrogens (tertiary/aromatic N) is 2. The molecule has 8 heteroatoms. The van der Waals surface area contributed by atoms with Crippen LogP contribution in [0.5, 0.6) is 5.75 Å². The summed E-state index contributed by atoms with van der Waals surface area (Å²) >= 11 is 0. The van der Waals surface area contributed by atoms with E-state index in [-0.39, 0.29) is 23.0 Å². The molecule has 0 saturated carbocycles. The van der Waals surface area contributed by atoms with Gasteiger partial charge < -0.3 is 25.9 Å². The zero-order chi connectivity index (χ0) is 21.2. The smallest absolute Gasteiger partial charge is 0.291 e. The molecule has 1 aliphatic carbocycles. The molecule has 154 valence electrons. The highest BCUT2D eigenvalue weighted by atomic mass is 16.5. The maximum Gasteiger partial charge on any atom is 0.291 e. The van der Waals surface area contributed by atoms with Gasteiger partial charge in [-0.05, 0) is 37.8 Å². The van der Waals surface area contributed by atoms with Crippen molar-refractivity contribution >= 4 is 23.3 Å². The Kier molecular flexibility index (Phi) is 5.63. The Labute approximate surface area is 170 Å². The summed E-state index contributed by atoms with van der Waals surface area (Å²) in [4.78, 5) is 13.0. The quantitative estimate of drug-likeness (QED) is 0.405. The standard InChI is InChI=1S/C21H27N5O3/c1-5-28-15-9-7-6-8-13(15)24-19(27)18-12(2)17-14(25-26-20(22)23)10-21(3,4)11-16(17)29-18/h6-9H,5,10-11H2,1-4H3,(H,24,27)(H4,22,23,26)/b25-14-. The van der Waals surface area contributed by atoms with Crippen LogP contribution in [0.3, 0.4) is 0 Å². The highest BCUT2D eigenvalue weighted by Crippen LogP contribution is 2.39. The summed E-state index contributed by atoms with van der Waals surface area (Å²) in [5, 5.41) is 10.9. The van der Waals surface area contributed by atoms with Crippen molar-refractivity contribution in [1.29, 1.82) is 0 Å². The van der Waals surface area contributed by atoms with Crippen LogP contribution in [0.2, 0.25) is 0 Å². The number of benzene rings is 1. The van der Waals surface area contributed by atoms with Gasteiger partial charge in [0.15, 0.2) is 5.76 Å². The molecule has 8 nitrogen and oxygen atoms in total. The Morgan fingerprint density at radius 2 is 2.00 bits per heavy atom. The molecule has 0 aliphatic heterocycles. The van der Waals surface area contributed by atoms with Gasteiger partial charge in [0.2, 0.25) is 5.96 Å². The monoisotopic (exact) mass is 397 g/mol. The lowest BCUT2D eigenvalue weighted by atomic mass is 9.75. The van der Waals surface area contributed by atoms with Crippen molar-refractivity contribution in [3.05, 3.63) is 46.9 Å². The third kappa shape index (κ3) is 4.42. The maximum atomic E-state index is 13.0. The van der Waals surface area contributed by atoms with E-state index < -0.39 is 0 Å². The number of hydrogen-bond acceptors (Lipinski definition) is 5. The van der Waals surface area contributed by atoms with Gasteiger partial charge in [0, 0.05) is 17.5 Å². The molecule has 0 atom stereocenters. The van der Waals surface area contributed by atoms with Gasteiger partial charge in [-0.3, -0.25) is 4.79 Å². The number of hydrogen-bond donors (Lipinski definition) is 3. The Bertz CT molecular complexity index is 984. The number of nitrogens with one attached hydrogen (secondary N) is 1. The molecule has 0 radical (unpaired) electrons. The molecular formula is C21H27N5O3. The van der Waals surface area contributed by atoms with E-state index in [2.05, 4.69) is 29.4 Å². The number of anilines is 1. The molecule has 2 aromatic rings. The number of rotatable bonds is 5. The Balaban J connectivity index is 1.98. The molecule has 0 saturated heterocycles. The minimum Gasteiger partial charge on any atom is -0.492 e. The van der Waals surface area contributed by atoms with E-state index in [4.69, 9.17) is 20.6 Å². The predicted molar refractivity (Wildman–Crippen MR) is 113 cm³/mol. The zero-order valence-corrected chi connectivity index (χ0v) is 17.2. The highest BCUT2D eigenvalue weighted by molar-refractivity contribution is 6.09. The molecule has 0 fully saturated rings. The number of para-hydroxylation sites is 2. The lowest BCUT2D eigenvalue weighted by Gasteiger charge is -2.29. The number of fused-ring (bicyclic) bond motifs is 1. The fourth-order valence-corrected chi connectivity index (χ4v) is 3.56. The highest BCUT2D eigenvalue weighted by Gasteiger charge is 2.36. The van der Waals surface area contributed by atoms with Crippen molar-refractivity contribution in [3.63, 3.8) is 0 Å². The van der Waals surface area contributed by atoms with Crippen molar-refractivity contribution in [2.24, 2.45) is 27.1 Å². The van der Waals surface area contributed by atoms with E-state index in [1.165, 1.54) is 0 Å². The van der Waals surface area contributed by atoms with E-state index in [9.17, 15) is 4.79 Å². The molecule has 0 spiro atoms. The molecule has 1 aromatic heterocycles. The molecule has 5 N–H and O–H groups in total. The summed E-state index contributed by atoms with van der Waals surface area (Å²) in [5.74, 6) is 1.11. The van der Waals surface area contributed by atoms with Crippen molar-refractivity contribution in [2.75, 3.05) is 11.9 Å². The summed E-state index contributed by atoms with van der Waals surface area (Å²) in [6, 6.07) is 7.28. The molecule has 1 aromatic carbocycles. The van der Waals surface area contributed by atoms with Crippen LogP contribution >= 0.6 is 0 Å². The summed E-state index contributed by atoms with van der Waals surface area (Å²) in [7, 11) is 0. The van der Waals surface area contributed by atoms with Gasteiger partial charge in [-0.25, -0.2) is 0 Å². The lowest BCUT2D eigenvalue weighted by molar-refractivity contribution is 0.0992. The molecular weight excluding hydrogens is 370 g/mol. The molecule has 1 heterocycles. The van der Waals surface area contributed by atoms with Crippen molar-refractivity contribution in [3.8, 4) is 5.75 Å². The average Bonchev–Trinajstić information content (AvgIpc) is 2.96. The van der Waals surface area contributed by atoms with E-state index in [0.717, 1.165) is 5.56 Å². The van der Waals surface area contributed by atoms with Gasteiger partial charge in [0.1, 0.15) is 11.5 Å². The predicted octanol–water partition coefficient (Wildman–Crippen LogP) is 3.19. The Morgan fingerprint density at radius 1 is 1.28 bits per heavy atom. The summed E-state index contributed by atoms with van der Waals surface area (Å²) in [5.41, 5.74) is 13.6. The van der Waals surface area contributed by atoms with Gasteiger partial charge in [-0.2, -0.15) is 5.10 Å². The normalized spacial score (nSPS) is 16.2. The van der Waals surface area contributed by atoms with Crippen LogP contribution < -0.4 is 21.5 Å². The molecule has 3 rings (SSSR count). The van der Waals surface area contributed by atoms with Crippen LogP contribution in [0.25, 0.3) is 0 Å². The third-order valence-electron chi connectivity index (χ3n) is 4.72. The summed E-state index contributed by atoms with van der Waals surface area (Å²) in [6.07, 6.45) is 1.36. The van der Waals surface area contributed by atoms with Crippen LogP contribution in [0.15, 0.2) is 38.9 Å². The third-order valence-corrected chi connectivity index (χ3v) is 4.72. The van der Waals surface area contributed by atoms with E-state index >= 15 is 0 Å². The summed E-state index contributed by atoms with van der Waals surface area (Å²) < 4.78 is 11.6. The topological polar surface area (TPSA) is 128 Å². The van der Waals surface area contributed by atoms with Gasteiger partial charge >= 0.3 is 0 Å². The van der Waals surface area contributed by atoms with E-state index in [1.54, 1.807) is 6.07 Å². The second-order valence-electron chi connectivity index (χ2n) is 7.83. The summed E-state index contributed by atoms with van der Waals surface area (Å²) in [6.45, 7) is 8.45. The Hall–Kier alpha value is -3.29. The fraction of sp³-hybridized carbons (Fsp3) is 0.381. The molecule has 1 aliphatic rings. The number of ether oxygens (including phenoxy) is 1. The van der Waals surface area contributed by atoms with E-state index in [1.807, 2.05) is 32.0 Å². The molecule has 1 amide bonds. The van der Waals surface area contributed by atoms with Crippen LogP contribution in [-0.4, -0.2) is 24.2 Å². The van der Waals surface area contributed by atoms with Crippen LogP contribution in [-0.2, 0) is 6.42 Å². The van der Waals surface area contributed by atoms with Gasteiger partial charge in [-0.1, -0.05) is 26.0 Å². The number of amides is 1. The lowest BCUT2D eigenvalue weighted by Crippen LogP contribution is -2.27. The first kappa shape index (κ1) is 20.4. The van der Waals surface area contributed by atoms with Crippen LogP contribution in [0.1, 0.15) is 54.6 Å². The average molecular weight is 397 g/mol. The number of guanidine groups is 1. The first-order valence-electron chi connectivity index (χ1n) is 9.53. The van der Waals surface area contributed by atoms with Crippen molar-refractivity contribution in [1.82, 2.24) is 0 Å². The number of nitrogens with two attached hydrogens (primary N) is 2. The second kappa shape index (κ2) is 7.98.